The highest BCUT2D eigenvalue weighted by atomic mass is 16.2. The second-order valence-corrected chi connectivity index (χ2v) is 6.21. The van der Waals surface area contributed by atoms with Gasteiger partial charge in [0.15, 0.2) is 0 Å². The Morgan fingerprint density at radius 2 is 1.64 bits per heavy atom. The normalized spacial score (nSPS) is 16.1. The van der Waals surface area contributed by atoms with Gasteiger partial charge >= 0.3 is 6.03 Å². The Hall–Kier alpha value is -1.55. The van der Waals surface area contributed by atoms with Gasteiger partial charge < -0.3 is 10.2 Å². The summed E-state index contributed by atoms with van der Waals surface area (Å²) < 4.78 is 0. The van der Waals surface area contributed by atoms with Crippen LogP contribution < -0.4 is 5.32 Å². The van der Waals surface area contributed by atoms with Crippen LogP contribution >= 0.6 is 0 Å². The number of carbonyl (C=O) groups is 1. The maximum atomic E-state index is 12.6. The highest BCUT2D eigenvalue weighted by molar-refractivity contribution is 5.91. The summed E-state index contributed by atoms with van der Waals surface area (Å²) in [5, 5.41) is 3.16. The van der Waals surface area contributed by atoms with E-state index in [1.807, 2.05) is 4.90 Å². The molecule has 0 aliphatic carbocycles. The van der Waals surface area contributed by atoms with E-state index in [4.69, 9.17) is 0 Å². The molecule has 1 aromatic carbocycles. The molecule has 2 rings (SSSR count). The Morgan fingerprint density at radius 3 is 2.09 bits per heavy atom. The van der Waals surface area contributed by atoms with Crippen LogP contribution in [0.15, 0.2) is 18.2 Å². The summed E-state index contributed by atoms with van der Waals surface area (Å²) in [6.07, 6.45) is 1.87. The van der Waals surface area contributed by atoms with Gasteiger partial charge in [0.25, 0.3) is 0 Å². The van der Waals surface area contributed by atoms with Crippen molar-refractivity contribution in [3.05, 3.63) is 29.3 Å². The smallest absolute Gasteiger partial charge is 0.321 e. The Balaban J connectivity index is 2.04. The molecule has 4 heteroatoms. The number of hydrogen-bond acceptors (Lipinski definition) is 2. The monoisotopic (exact) mass is 303 g/mol. The molecule has 22 heavy (non-hydrogen) atoms. The number of amides is 2. The zero-order valence-electron chi connectivity index (χ0n) is 14.4. The predicted molar refractivity (Wildman–Crippen MR) is 92.5 cm³/mol. The fourth-order valence-corrected chi connectivity index (χ4v) is 3.03. The SMILES string of the molecule is CCc1cccc(CC)c1NC(=O)N1CCN(C(C)C)CC1. The molecule has 1 aliphatic rings. The molecule has 4 nitrogen and oxygen atoms in total. The van der Waals surface area contributed by atoms with Gasteiger partial charge in [0.1, 0.15) is 0 Å². The van der Waals surface area contributed by atoms with Crippen molar-refractivity contribution in [2.45, 2.75) is 46.6 Å². The summed E-state index contributed by atoms with van der Waals surface area (Å²) in [5.41, 5.74) is 3.45. The van der Waals surface area contributed by atoms with E-state index in [9.17, 15) is 4.79 Å². The first kappa shape index (κ1) is 16.8. The van der Waals surface area contributed by atoms with E-state index in [-0.39, 0.29) is 6.03 Å². The van der Waals surface area contributed by atoms with Crippen molar-refractivity contribution in [2.75, 3.05) is 31.5 Å². The molecule has 1 aliphatic heterocycles. The van der Waals surface area contributed by atoms with Gasteiger partial charge in [-0.25, -0.2) is 4.79 Å². The van der Waals surface area contributed by atoms with Crippen molar-refractivity contribution in [1.29, 1.82) is 0 Å². The quantitative estimate of drug-likeness (QED) is 0.925. The summed E-state index contributed by atoms with van der Waals surface area (Å²) in [6.45, 7) is 12.2. The number of piperazine rings is 1. The average molecular weight is 303 g/mol. The molecule has 0 aromatic heterocycles. The van der Waals surface area contributed by atoms with Crippen molar-refractivity contribution in [1.82, 2.24) is 9.80 Å². The second kappa shape index (κ2) is 7.63. The van der Waals surface area contributed by atoms with Crippen LogP contribution in [0.25, 0.3) is 0 Å². The number of para-hydroxylation sites is 1. The lowest BCUT2D eigenvalue weighted by Gasteiger charge is -2.37. The molecule has 0 radical (unpaired) electrons. The molecule has 1 N–H and O–H groups in total. The lowest BCUT2D eigenvalue weighted by atomic mass is 10.0. The third kappa shape index (κ3) is 3.80. The van der Waals surface area contributed by atoms with E-state index in [0.29, 0.717) is 6.04 Å². The number of carbonyl (C=O) groups excluding carboxylic acids is 1. The van der Waals surface area contributed by atoms with Gasteiger partial charge in [0.2, 0.25) is 0 Å². The Labute approximate surface area is 134 Å². The van der Waals surface area contributed by atoms with E-state index in [0.717, 1.165) is 44.7 Å². The molecule has 1 fully saturated rings. The third-order valence-corrected chi connectivity index (χ3v) is 4.56. The van der Waals surface area contributed by atoms with Crippen molar-refractivity contribution in [2.24, 2.45) is 0 Å². The third-order valence-electron chi connectivity index (χ3n) is 4.56. The summed E-state index contributed by atoms with van der Waals surface area (Å²) in [6, 6.07) is 6.88. The molecule has 2 amide bonds. The van der Waals surface area contributed by atoms with Gasteiger partial charge in [-0.05, 0) is 37.8 Å². The topological polar surface area (TPSA) is 35.6 Å². The summed E-state index contributed by atoms with van der Waals surface area (Å²) >= 11 is 0. The number of benzene rings is 1. The zero-order valence-corrected chi connectivity index (χ0v) is 14.4. The minimum Gasteiger partial charge on any atom is -0.322 e. The minimum atomic E-state index is 0.0407. The van der Waals surface area contributed by atoms with Crippen molar-refractivity contribution >= 4 is 11.7 Å². The summed E-state index contributed by atoms with van der Waals surface area (Å²) in [7, 11) is 0. The van der Waals surface area contributed by atoms with E-state index in [1.165, 1.54) is 11.1 Å². The largest absolute Gasteiger partial charge is 0.322 e. The summed E-state index contributed by atoms with van der Waals surface area (Å²) in [4.78, 5) is 16.9. The molecule has 1 aromatic rings. The molecule has 0 spiro atoms. The highest BCUT2D eigenvalue weighted by Crippen LogP contribution is 2.23. The minimum absolute atomic E-state index is 0.0407. The van der Waals surface area contributed by atoms with E-state index in [1.54, 1.807) is 0 Å². The van der Waals surface area contributed by atoms with E-state index < -0.39 is 0 Å². The number of hydrogen-bond donors (Lipinski definition) is 1. The molecular weight excluding hydrogens is 274 g/mol. The molecule has 0 saturated carbocycles. The van der Waals surface area contributed by atoms with E-state index in [2.05, 4.69) is 56.1 Å². The fourth-order valence-electron chi connectivity index (χ4n) is 3.03. The summed E-state index contributed by atoms with van der Waals surface area (Å²) in [5.74, 6) is 0. The van der Waals surface area contributed by atoms with Crippen LogP contribution in [0.2, 0.25) is 0 Å². The van der Waals surface area contributed by atoms with Gasteiger partial charge in [0, 0.05) is 37.9 Å². The van der Waals surface area contributed by atoms with Crippen LogP contribution in [-0.2, 0) is 12.8 Å². The van der Waals surface area contributed by atoms with Crippen LogP contribution in [0.4, 0.5) is 10.5 Å². The molecule has 0 bridgehead atoms. The average Bonchev–Trinajstić information content (AvgIpc) is 2.55. The molecule has 1 heterocycles. The second-order valence-electron chi connectivity index (χ2n) is 6.21. The Bertz CT molecular complexity index is 483. The number of anilines is 1. The maximum Gasteiger partial charge on any atom is 0.321 e. The molecule has 122 valence electrons. The van der Waals surface area contributed by atoms with Gasteiger partial charge in [-0.3, -0.25) is 4.90 Å². The zero-order chi connectivity index (χ0) is 16.1. The molecule has 1 saturated heterocycles. The van der Waals surface area contributed by atoms with Crippen molar-refractivity contribution < 1.29 is 4.79 Å². The highest BCUT2D eigenvalue weighted by Gasteiger charge is 2.23. The van der Waals surface area contributed by atoms with Crippen LogP contribution in [0, 0.1) is 0 Å². The first-order chi connectivity index (χ1) is 10.6. The first-order valence-electron chi connectivity index (χ1n) is 8.47. The molecular formula is C18H29N3O. The predicted octanol–water partition coefficient (Wildman–Crippen LogP) is 3.37. The van der Waals surface area contributed by atoms with Crippen molar-refractivity contribution in [3.63, 3.8) is 0 Å². The molecule has 0 atom stereocenters. The number of nitrogens with zero attached hydrogens (tertiary/aromatic N) is 2. The van der Waals surface area contributed by atoms with Crippen molar-refractivity contribution in [3.8, 4) is 0 Å². The lowest BCUT2D eigenvalue weighted by Crippen LogP contribution is -2.51. The number of nitrogens with one attached hydrogen (secondary N) is 1. The lowest BCUT2D eigenvalue weighted by molar-refractivity contribution is 0.125. The first-order valence-corrected chi connectivity index (χ1v) is 8.47. The number of urea groups is 1. The fraction of sp³-hybridized carbons (Fsp3) is 0.611. The number of aryl methyl sites for hydroxylation is 2. The van der Waals surface area contributed by atoms with Crippen LogP contribution in [-0.4, -0.2) is 48.1 Å². The van der Waals surface area contributed by atoms with Crippen LogP contribution in [0.1, 0.15) is 38.8 Å². The standard InChI is InChI=1S/C18H29N3O/c1-5-15-8-7-9-16(6-2)17(15)19-18(22)21-12-10-20(11-13-21)14(3)4/h7-9,14H,5-6,10-13H2,1-4H3,(H,19,22). The van der Waals surface area contributed by atoms with Gasteiger partial charge in [0.05, 0.1) is 0 Å². The Kier molecular flexibility index (Phi) is 5.83. The Morgan fingerprint density at radius 1 is 1.09 bits per heavy atom. The van der Waals surface area contributed by atoms with Gasteiger partial charge in [-0.15, -0.1) is 0 Å². The maximum absolute atomic E-state index is 12.6. The number of rotatable bonds is 4. The van der Waals surface area contributed by atoms with Crippen LogP contribution in [0.3, 0.4) is 0 Å². The van der Waals surface area contributed by atoms with E-state index >= 15 is 0 Å². The van der Waals surface area contributed by atoms with Gasteiger partial charge in [-0.1, -0.05) is 32.0 Å². The molecule has 0 unspecified atom stereocenters. The van der Waals surface area contributed by atoms with Crippen LogP contribution in [0.5, 0.6) is 0 Å². The van der Waals surface area contributed by atoms with Gasteiger partial charge in [-0.2, -0.15) is 0 Å².